The molecule has 0 aromatic heterocycles. The van der Waals surface area contributed by atoms with Gasteiger partial charge in [-0.1, -0.05) is 42.5 Å². The monoisotopic (exact) mass is 418 g/mol. The molecule has 158 valence electrons. The van der Waals surface area contributed by atoms with Gasteiger partial charge in [0.1, 0.15) is 6.07 Å². The second-order valence-corrected chi connectivity index (χ2v) is 6.96. The van der Waals surface area contributed by atoms with E-state index in [9.17, 15) is 14.4 Å². The van der Waals surface area contributed by atoms with Crippen LogP contribution in [0.3, 0.4) is 0 Å². The summed E-state index contributed by atoms with van der Waals surface area (Å²) >= 11 is 0. The van der Waals surface area contributed by atoms with Gasteiger partial charge >= 0.3 is 5.97 Å². The summed E-state index contributed by atoms with van der Waals surface area (Å²) < 4.78 is 5.12. The second-order valence-electron chi connectivity index (χ2n) is 6.96. The molecule has 31 heavy (non-hydrogen) atoms. The first-order chi connectivity index (χ1) is 15.0. The minimum absolute atomic E-state index is 0.0595. The van der Waals surface area contributed by atoms with E-state index in [0.717, 1.165) is 11.3 Å². The van der Waals surface area contributed by atoms with Gasteiger partial charge in [0.15, 0.2) is 6.10 Å². The van der Waals surface area contributed by atoms with Crippen LogP contribution in [0.4, 0.5) is 5.69 Å². The Morgan fingerprint density at radius 3 is 2.58 bits per heavy atom. The van der Waals surface area contributed by atoms with Crippen LogP contribution in [-0.2, 0) is 19.1 Å². The van der Waals surface area contributed by atoms with Crippen molar-refractivity contribution in [2.45, 2.75) is 32.3 Å². The zero-order valence-electron chi connectivity index (χ0n) is 17.1. The molecule has 0 aliphatic carbocycles. The van der Waals surface area contributed by atoms with E-state index in [1.54, 1.807) is 24.3 Å². The van der Waals surface area contributed by atoms with Crippen LogP contribution in [0, 0.1) is 11.3 Å². The Morgan fingerprint density at radius 1 is 1.13 bits per heavy atom. The third-order valence-electron chi connectivity index (χ3n) is 4.72. The highest BCUT2D eigenvalue weighted by Crippen LogP contribution is 2.16. The number of para-hydroxylation sites is 1. The standard InChI is InChI=1S/C23H22N4O4/c1-16(23(30)25-19-10-6-5-9-18(19)15-24)31-22(29)12-11-21(28)27-14-13-20(26-27)17-7-3-2-4-8-17/h2-10,16H,11-14H2,1H3,(H,25,30)/t16-/m0/s1. The minimum atomic E-state index is -1.07. The van der Waals surface area contributed by atoms with E-state index in [2.05, 4.69) is 10.4 Å². The highest BCUT2D eigenvalue weighted by molar-refractivity contribution is 6.02. The highest BCUT2D eigenvalue weighted by Gasteiger charge is 2.24. The smallest absolute Gasteiger partial charge is 0.307 e. The summed E-state index contributed by atoms with van der Waals surface area (Å²) in [6, 6.07) is 18.1. The summed E-state index contributed by atoms with van der Waals surface area (Å²) in [6.07, 6.45) is -0.626. The molecule has 3 rings (SSSR count). The molecule has 1 N–H and O–H groups in total. The van der Waals surface area contributed by atoms with E-state index >= 15 is 0 Å². The van der Waals surface area contributed by atoms with Crippen LogP contribution >= 0.6 is 0 Å². The number of hydrogen-bond donors (Lipinski definition) is 1. The van der Waals surface area contributed by atoms with Crippen LogP contribution in [0.2, 0.25) is 0 Å². The second kappa shape index (κ2) is 10.2. The number of nitriles is 1. The number of nitrogens with one attached hydrogen (secondary N) is 1. The Balaban J connectivity index is 1.46. The van der Waals surface area contributed by atoms with E-state index < -0.39 is 18.0 Å². The highest BCUT2D eigenvalue weighted by atomic mass is 16.5. The third-order valence-corrected chi connectivity index (χ3v) is 4.72. The molecule has 8 heteroatoms. The Bertz CT molecular complexity index is 1040. The quantitative estimate of drug-likeness (QED) is 0.695. The lowest BCUT2D eigenvalue weighted by Crippen LogP contribution is -2.31. The van der Waals surface area contributed by atoms with Crippen molar-refractivity contribution < 1.29 is 19.1 Å². The summed E-state index contributed by atoms with van der Waals surface area (Å²) in [5.41, 5.74) is 2.45. The molecule has 0 saturated heterocycles. The largest absolute Gasteiger partial charge is 0.453 e. The zero-order valence-corrected chi connectivity index (χ0v) is 17.1. The number of benzene rings is 2. The number of esters is 1. The van der Waals surface area contributed by atoms with Crippen molar-refractivity contribution >= 4 is 29.2 Å². The van der Waals surface area contributed by atoms with Crippen LogP contribution in [0.5, 0.6) is 0 Å². The van der Waals surface area contributed by atoms with Gasteiger partial charge in [-0.05, 0) is 24.6 Å². The SMILES string of the molecule is C[C@H](OC(=O)CCC(=O)N1CCC(c2ccccc2)=N1)C(=O)Nc1ccccc1C#N. The van der Waals surface area contributed by atoms with Crippen LogP contribution in [0.25, 0.3) is 0 Å². The normalized spacial score (nSPS) is 13.7. The maximum atomic E-state index is 12.4. The average Bonchev–Trinajstić information content (AvgIpc) is 3.29. The predicted molar refractivity (Wildman–Crippen MR) is 114 cm³/mol. The van der Waals surface area contributed by atoms with Gasteiger partial charge < -0.3 is 10.1 Å². The van der Waals surface area contributed by atoms with Gasteiger partial charge in [-0.25, -0.2) is 5.01 Å². The van der Waals surface area contributed by atoms with Crippen molar-refractivity contribution in [1.82, 2.24) is 5.01 Å². The van der Waals surface area contributed by atoms with E-state index in [1.807, 2.05) is 36.4 Å². The molecule has 0 fully saturated rings. The van der Waals surface area contributed by atoms with Crippen LogP contribution in [0.15, 0.2) is 59.7 Å². The van der Waals surface area contributed by atoms with E-state index in [1.165, 1.54) is 11.9 Å². The first-order valence-corrected chi connectivity index (χ1v) is 9.90. The zero-order chi connectivity index (χ0) is 22.2. The maximum absolute atomic E-state index is 12.4. The number of carbonyl (C=O) groups is 3. The Hall–Kier alpha value is -3.99. The van der Waals surface area contributed by atoms with E-state index in [4.69, 9.17) is 10.00 Å². The fraction of sp³-hybridized carbons (Fsp3) is 0.261. The molecule has 2 amide bonds. The van der Waals surface area contributed by atoms with Crippen LogP contribution in [0.1, 0.15) is 37.3 Å². The first kappa shape index (κ1) is 21.7. The predicted octanol–water partition coefficient (Wildman–Crippen LogP) is 2.85. The number of ether oxygens (including phenoxy) is 1. The Morgan fingerprint density at radius 2 is 1.84 bits per heavy atom. The van der Waals surface area contributed by atoms with Crippen molar-refractivity contribution in [3.63, 3.8) is 0 Å². The fourth-order valence-electron chi connectivity index (χ4n) is 3.04. The first-order valence-electron chi connectivity index (χ1n) is 9.90. The third kappa shape index (κ3) is 5.76. The molecule has 0 spiro atoms. The number of hydrogen-bond acceptors (Lipinski definition) is 6. The molecule has 0 unspecified atom stereocenters. The van der Waals surface area contributed by atoms with Crippen molar-refractivity contribution in [1.29, 1.82) is 5.26 Å². The van der Waals surface area contributed by atoms with Gasteiger partial charge in [-0.2, -0.15) is 10.4 Å². The summed E-state index contributed by atoms with van der Waals surface area (Å²) in [5.74, 6) is -1.49. The number of hydrazone groups is 1. The molecule has 1 aliphatic rings. The van der Waals surface area contributed by atoms with Crippen LogP contribution < -0.4 is 5.32 Å². The number of carbonyl (C=O) groups excluding carboxylic acids is 3. The lowest BCUT2D eigenvalue weighted by molar-refractivity contribution is -0.154. The lowest BCUT2D eigenvalue weighted by Gasteiger charge is -2.15. The molecule has 1 aliphatic heterocycles. The lowest BCUT2D eigenvalue weighted by atomic mass is 10.1. The molecule has 2 aromatic rings. The molecule has 1 heterocycles. The topological polar surface area (TPSA) is 112 Å². The molecular formula is C23H22N4O4. The fourth-order valence-corrected chi connectivity index (χ4v) is 3.04. The van der Waals surface area contributed by atoms with Crippen molar-refractivity contribution in [2.75, 3.05) is 11.9 Å². The maximum Gasteiger partial charge on any atom is 0.307 e. The van der Waals surface area contributed by atoms with Gasteiger partial charge in [0.05, 0.1) is 29.9 Å². The Labute approximate surface area is 180 Å². The van der Waals surface area contributed by atoms with Crippen LogP contribution in [-0.4, -0.2) is 41.2 Å². The number of amides is 2. The molecule has 0 saturated carbocycles. The molecule has 2 aromatic carbocycles. The number of nitrogens with zero attached hydrogens (tertiary/aromatic N) is 3. The summed E-state index contributed by atoms with van der Waals surface area (Å²) in [4.78, 5) is 36.7. The summed E-state index contributed by atoms with van der Waals surface area (Å²) in [7, 11) is 0. The summed E-state index contributed by atoms with van der Waals surface area (Å²) in [6.45, 7) is 1.90. The van der Waals surface area contributed by atoms with E-state index in [0.29, 0.717) is 24.2 Å². The number of rotatable bonds is 7. The number of anilines is 1. The van der Waals surface area contributed by atoms with Gasteiger partial charge in [-0.15, -0.1) is 0 Å². The van der Waals surface area contributed by atoms with Crippen molar-refractivity contribution in [3.8, 4) is 6.07 Å². The minimum Gasteiger partial charge on any atom is -0.453 e. The van der Waals surface area contributed by atoms with Gasteiger partial charge in [0.2, 0.25) is 5.91 Å². The van der Waals surface area contributed by atoms with Crippen molar-refractivity contribution in [2.24, 2.45) is 5.10 Å². The Kier molecular flexibility index (Phi) is 7.12. The van der Waals surface area contributed by atoms with E-state index in [-0.39, 0.29) is 18.7 Å². The molecular weight excluding hydrogens is 396 g/mol. The molecule has 0 bridgehead atoms. The average molecular weight is 418 g/mol. The van der Waals surface area contributed by atoms with Gasteiger partial charge in [0.25, 0.3) is 5.91 Å². The molecule has 1 atom stereocenters. The molecule has 8 nitrogen and oxygen atoms in total. The van der Waals surface area contributed by atoms with Gasteiger partial charge in [0, 0.05) is 12.8 Å². The molecule has 0 radical (unpaired) electrons. The van der Waals surface area contributed by atoms with Gasteiger partial charge in [-0.3, -0.25) is 14.4 Å². The summed E-state index contributed by atoms with van der Waals surface area (Å²) in [5, 5.41) is 17.4. The van der Waals surface area contributed by atoms with Crippen molar-refractivity contribution in [3.05, 3.63) is 65.7 Å².